The molecule has 1 heterocycles. The summed E-state index contributed by atoms with van der Waals surface area (Å²) < 4.78 is 28.6. The molecule has 6 nitrogen and oxygen atoms in total. The molecular weight excluding hydrogens is 422 g/mol. The Kier molecular flexibility index (Phi) is 7.18. The molecule has 2 aromatic carbocycles. The van der Waals surface area contributed by atoms with Crippen LogP contribution < -0.4 is 15.4 Å². The molecule has 0 bridgehead atoms. The normalized spacial score (nSPS) is 16.3. The van der Waals surface area contributed by atoms with Crippen LogP contribution in [0.2, 0.25) is 5.02 Å². The van der Waals surface area contributed by atoms with Gasteiger partial charge in [0.25, 0.3) is 5.91 Å². The highest BCUT2D eigenvalue weighted by Crippen LogP contribution is 2.30. The number of rotatable bonds is 6. The number of benzene rings is 2. The van der Waals surface area contributed by atoms with Crippen LogP contribution in [0.3, 0.4) is 0 Å². The molecule has 30 heavy (non-hydrogen) atoms. The van der Waals surface area contributed by atoms with Crippen molar-refractivity contribution in [3.8, 4) is 0 Å². The number of amides is 1. The number of aryl methyl sites for hydroxylation is 2. The molecule has 1 saturated heterocycles. The van der Waals surface area contributed by atoms with E-state index in [1.165, 1.54) is 12.1 Å². The molecule has 0 aromatic heterocycles. The summed E-state index contributed by atoms with van der Waals surface area (Å²) in [5.74, 6) is 0.0108. The second-order valence-electron chi connectivity index (χ2n) is 7.86. The first kappa shape index (κ1) is 22.7. The van der Waals surface area contributed by atoms with E-state index in [0.717, 1.165) is 31.5 Å². The number of carbonyl (C=O) groups excluding carboxylic acids is 1. The summed E-state index contributed by atoms with van der Waals surface area (Å²) in [6.07, 6.45) is 1.88. The number of piperidine rings is 1. The van der Waals surface area contributed by atoms with Crippen molar-refractivity contribution in [3.63, 3.8) is 0 Å². The van der Waals surface area contributed by atoms with Crippen molar-refractivity contribution in [3.05, 3.63) is 58.1 Å². The van der Waals surface area contributed by atoms with E-state index in [-0.39, 0.29) is 21.9 Å². The lowest BCUT2D eigenvalue weighted by atomic mass is 9.92. The highest BCUT2D eigenvalue weighted by molar-refractivity contribution is 7.89. The number of nitrogens with one attached hydrogen (secondary N) is 3. The molecule has 0 radical (unpaired) electrons. The molecule has 3 N–H and O–H groups in total. The monoisotopic (exact) mass is 449 g/mol. The van der Waals surface area contributed by atoms with Gasteiger partial charge in [-0.2, -0.15) is 0 Å². The van der Waals surface area contributed by atoms with E-state index in [9.17, 15) is 13.2 Å². The summed E-state index contributed by atoms with van der Waals surface area (Å²) in [5, 5.41) is 6.29. The number of halogens is 1. The number of carbonyl (C=O) groups is 1. The molecular formula is C22H28ClN3O3S. The third kappa shape index (κ3) is 5.21. The van der Waals surface area contributed by atoms with Gasteiger partial charge in [-0.25, -0.2) is 13.1 Å². The maximum absolute atomic E-state index is 12.9. The van der Waals surface area contributed by atoms with Crippen molar-refractivity contribution in [2.75, 3.05) is 18.4 Å². The van der Waals surface area contributed by atoms with Gasteiger partial charge in [0.15, 0.2) is 0 Å². The quantitative estimate of drug-likeness (QED) is 0.624. The first-order chi connectivity index (χ1) is 14.2. The van der Waals surface area contributed by atoms with Crippen molar-refractivity contribution >= 4 is 33.2 Å². The van der Waals surface area contributed by atoms with Crippen LogP contribution in [0, 0.1) is 19.8 Å². The molecule has 2 aromatic rings. The van der Waals surface area contributed by atoms with Crippen LogP contribution in [0.4, 0.5) is 5.69 Å². The van der Waals surface area contributed by atoms with Crippen LogP contribution in [-0.2, 0) is 10.0 Å². The fourth-order valence-electron chi connectivity index (χ4n) is 3.79. The first-order valence-corrected chi connectivity index (χ1v) is 12.0. The first-order valence-electron chi connectivity index (χ1n) is 10.1. The SMILES string of the molecule is Cc1ccccc1C(=O)Nc1c(C)cc(S(=O)(=O)N[C@H](C)C2CCNCC2)cc1Cl. The predicted molar refractivity (Wildman–Crippen MR) is 121 cm³/mol. The van der Waals surface area contributed by atoms with Crippen molar-refractivity contribution in [1.82, 2.24) is 10.0 Å². The van der Waals surface area contributed by atoms with Crippen LogP contribution in [0.25, 0.3) is 0 Å². The van der Waals surface area contributed by atoms with Crippen molar-refractivity contribution in [1.29, 1.82) is 0 Å². The standard InChI is InChI=1S/C22H28ClN3O3S/c1-14-6-4-5-7-19(14)22(27)25-21-15(2)12-18(13-20(21)23)30(28,29)26-16(3)17-8-10-24-11-9-17/h4-7,12-13,16-17,24,26H,8-11H2,1-3H3,(H,25,27)/t16-/m1/s1. The minimum atomic E-state index is -3.73. The Hall–Kier alpha value is -1.93. The highest BCUT2D eigenvalue weighted by atomic mass is 35.5. The van der Waals surface area contributed by atoms with E-state index < -0.39 is 10.0 Å². The van der Waals surface area contributed by atoms with E-state index in [1.807, 2.05) is 26.0 Å². The maximum Gasteiger partial charge on any atom is 0.255 e. The van der Waals surface area contributed by atoms with Crippen LogP contribution in [0.5, 0.6) is 0 Å². The summed E-state index contributed by atoms with van der Waals surface area (Å²) in [6.45, 7) is 7.29. The molecule has 162 valence electrons. The van der Waals surface area contributed by atoms with Crippen LogP contribution in [-0.4, -0.2) is 33.5 Å². The van der Waals surface area contributed by atoms with Gasteiger partial charge in [0, 0.05) is 11.6 Å². The van der Waals surface area contributed by atoms with Gasteiger partial charge < -0.3 is 10.6 Å². The van der Waals surface area contributed by atoms with Gasteiger partial charge in [0.05, 0.1) is 15.6 Å². The Bertz CT molecular complexity index is 1010. The van der Waals surface area contributed by atoms with Gasteiger partial charge in [-0.05, 0) is 81.9 Å². The Labute approximate surface area is 183 Å². The summed E-state index contributed by atoms with van der Waals surface area (Å²) >= 11 is 6.38. The Morgan fingerprint density at radius 2 is 1.80 bits per heavy atom. The fourth-order valence-corrected chi connectivity index (χ4v) is 5.59. The largest absolute Gasteiger partial charge is 0.320 e. The maximum atomic E-state index is 12.9. The minimum absolute atomic E-state index is 0.0969. The molecule has 8 heteroatoms. The van der Waals surface area contributed by atoms with Gasteiger partial charge in [-0.3, -0.25) is 4.79 Å². The van der Waals surface area contributed by atoms with Crippen LogP contribution in [0.15, 0.2) is 41.3 Å². The lowest BCUT2D eigenvalue weighted by molar-refractivity contribution is 0.102. The van der Waals surface area contributed by atoms with Crippen molar-refractivity contribution < 1.29 is 13.2 Å². The van der Waals surface area contributed by atoms with Gasteiger partial charge in [-0.15, -0.1) is 0 Å². The topological polar surface area (TPSA) is 87.3 Å². The fraction of sp³-hybridized carbons (Fsp3) is 0.409. The molecule has 1 aliphatic heterocycles. The number of hydrogen-bond acceptors (Lipinski definition) is 4. The number of hydrogen-bond donors (Lipinski definition) is 3. The molecule has 0 spiro atoms. The van der Waals surface area contributed by atoms with Gasteiger partial charge in [0.1, 0.15) is 0 Å². The van der Waals surface area contributed by atoms with Crippen molar-refractivity contribution in [2.24, 2.45) is 5.92 Å². The van der Waals surface area contributed by atoms with Crippen LogP contribution >= 0.6 is 11.6 Å². The average Bonchev–Trinajstić information content (AvgIpc) is 2.71. The molecule has 0 unspecified atom stereocenters. The zero-order valence-electron chi connectivity index (χ0n) is 17.5. The summed E-state index contributed by atoms with van der Waals surface area (Å²) in [5.41, 5.74) is 2.39. The molecule has 1 atom stereocenters. The lowest BCUT2D eigenvalue weighted by Gasteiger charge is -2.28. The number of sulfonamides is 1. The second kappa shape index (κ2) is 9.47. The Balaban J connectivity index is 1.79. The summed E-state index contributed by atoms with van der Waals surface area (Å²) in [7, 11) is -3.73. The molecule has 0 aliphatic carbocycles. The van der Waals surface area contributed by atoms with E-state index in [1.54, 1.807) is 19.1 Å². The van der Waals surface area contributed by atoms with E-state index in [2.05, 4.69) is 15.4 Å². The molecule has 0 saturated carbocycles. The molecule has 3 rings (SSSR count). The smallest absolute Gasteiger partial charge is 0.255 e. The lowest BCUT2D eigenvalue weighted by Crippen LogP contribution is -2.42. The minimum Gasteiger partial charge on any atom is -0.320 e. The van der Waals surface area contributed by atoms with E-state index in [0.29, 0.717) is 22.7 Å². The zero-order valence-corrected chi connectivity index (χ0v) is 19.0. The van der Waals surface area contributed by atoms with Crippen LogP contribution in [0.1, 0.15) is 41.3 Å². The van der Waals surface area contributed by atoms with Gasteiger partial charge in [0.2, 0.25) is 10.0 Å². The molecule has 1 aliphatic rings. The summed E-state index contributed by atoms with van der Waals surface area (Å²) in [4.78, 5) is 12.7. The van der Waals surface area contributed by atoms with Crippen molar-refractivity contribution in [2.45, 2.75) is 44.6 Å². The van der Waals surface area contributed by atoms with Gasteiger partial charge >= 0.3 is 0 Å². The molecule has 1 amide bonds. The Morgan fingerprint density at radius 3 is 2.43 bits per heavy atom. The Morgan fingerprint density at radius 1 is 1.13 bits per heavy atom. The summed E-state index contributed by atoms with van der Waals surface area (Å²) in [6, 6.07) is 10.0. The molecule has 1 fully saturated rings. The van der Waals surface area contributed by atoms with E-state index in [4.69, 9.17) is 11.6 Å². The van der Waals surface area contributed by atoms with Gasteiger partial charge in [-0.1, -0.05) is 29.8 Å². The third-order valence-corrected chi connectivity index (χ3v) is 7.47. The average molecular weight is 450 g/mol. The zero-order chi connectivity index (χ0) is 21.9. The van der Waals surface area contributed by atoms with E-state index >= 15 is 0 Å². The second-order valence-corrected chi connectivity index (χ2v) is 9.98. The third-order valence-electron chi connectivity index (χ3n) is 5.63. The number of anilines is 1. The predicted octanol–water partition coefficient (Wildman–Crippen LogP) is 3.88. The highest BCUT2D eigenvalue weighted by Gasteiger charge is 2.26.